The van der Waals surface area contributed by atoms with Crippen molar-refractivity contribution in [3.63, 3.8) is 0 Å². The summed E-state index contributed by atoms with van der Waals surface area (Å²) in [7, 11) is -3.56. The summed E-state index contributed by atoms with van der Waals surface area (Å²) in [5.41, 5.74) is 7.95. The zero-order valence-electron chi connectivity index (χ0n) is 22.0. The van der Waals surface area contributed by atoms with Crippen LogP contribution in [0.3, 0.4) is 0 Å². The van der Waals surface area contributed by atoms with Crippen LogP contribution in [0.4, 0.5) is 11.5 Å². The molecule has 2 aromatic heterocycles. The fraction of sp³-hybridized carbons (Fsp3) is 0.444. The minimum Gasteiger partial charge on any atom is -0.369 e. The number of rotatable bonds is 9. The van der Waals surface area contributed by atoms with Crippen molar-refractivity contribution in [2.24, 2.45) is 11.7 Å². The van der Waals surface area contributed by atoms with Crippen LogP contribution in [-0.2, 0) is 21.4 Å². The molecule has 0 spiro atoms. The van der Waals surface area contributed by atoms with Gasteiger partial charge in [-0.05, 0) is 62.7 Å². The molecular weight excluding hydrogens is 534 g/mol. The predicted molar refractivity (Wildman–Crippen MR) is 153 cm³/mol. The predicted octanol–water partition coefficient (Wildman–Crippen LogP) is 3.02. The molecule has 10 nitrogen and oxygen atoms in total. The van der Waals surface area contributed by atoms with Gasteiger partial charge in [0.1, 0.15) is 5.82 Å². The summed E-state index contributed by atoms with van der Waals surface area (Å²) in [6.45, 7) is 6.39. The molecule has 2 fully saturated rings. The van der Waals surface area contributed by atoms with Gasteiger partial charge in [0.2, 0.25) is 15.9 Å². The first kappa shape index (κ1) is 27.7. The molecule has 3 aromatic rings. The molecule has 1 aromatic carbocycles. The van der Waals surface area contributed by atoms with Crippen LogP contribution in [-0.4, -0.2) is 72.3 Å². The molecule has 1 amide bonds. The van der Waals surface area contributed by atoms with E-state index in [1.807, 2.05) is 6.92 Å². The Morgan fingerprint density at radius 1 is 1.18 bits per heavy atom. The van der Waals surface area contributed by atoms with Crippen LogP contribution < -0.4 is 16.4 Å². The number of primary amides is 1. The largest absolute Gasteiger partial charge is 0.369 e. The van der Waals surface area contributed by atoms with Gasteiger partial charge < -0.3 is 16.4 Å². The van der Waals surface area contributed by atoms with E-state index < -0.39 is 10.0 Å². The third-order valence-corrected chi connectivity index (χ3v) is 10.3. The number of hydrogen-bond acceptors (Lipinski definition) is 9. The smallest absolute Gasteiger partial charge is 0.243 e. The van der Waals surface area contributed by atoms with Gasteiger partial charge in [0.25, 0.3) is 0 Å². The molecule has 1 unspecified atom stereocenters. The van der Waals surface area contributed by atoms with Crippen molar-refractivity contribution in [2.45, 2.75) is 43.7 Å². The number of anilines is 2. The lowest BCUT2D eigenvalue weighted by Crippen LogP contribution is -2.53. The standard InChI is InChI=1S/C27H35N7O3S2/c1-2-22-14-29-9-12-34(22)39(36,37)24-5-3-21(4-6-24)31-26-16-30-15-25(32-26)20-13-23(38-18-20)17-33-10-7-19(8-11-33)27(28)35/h3-6,13,15-16,18-19,22,29H,2,7-12,14,17H2,1H3,(H2,28,35)(H,31,32). The number of nitrogens with two attached hydrogens (primary N) is 1. The van der Waals surface area contributed by atoms with Crippen LogP contribution in [0.1, 0.15) is 31.1 Å². The Kier molecular flexibility index (Phi) is 8.57. The first-order valence-corrected chi connectivity index (χ1v) is 15.7. The number of aromatic nitrogens is 2. The average molecular weight is 570 g/mol. The second-order valence-corrected chi connectivity index (χ2v) is 13.0. The van der Waals surface area contributed by atoms with Crippen molar-refractivity contribution in [3.05, 3.63) is 53.0 Å². The summed E-state index contributed by atoms with van der Waals surface area (Å²) < 4.78 is 28.1. The highest BCUT2D eigenvalue weighted by Crippen LogP contribution is 2.28. The summed E-state index contributed by atoms with van der Waals surface area (Å²) in [6, 6.07) is 8.90. The van der Waals surface area contributed by atoms with E-state index in [1.165, 1.54) is 4.88 Å². The van der Waals surface area contributed by atoms with Crippen molar-refractivity contribution < 1.29 is 13.2 Å². The zero-order valence-corrected chi connectivity index (χ0v) is 23.7. The highest BCUT2D eigenvalue weighted by molar-refractivity contribution is 7.89. The molecule has 208 valence electrons. The maximum absolute atomic E-state index is 13.2. The summed E-state index contributed by atoms with van der Waals surface area (Å²) >= 11 is 1.69. The number of sulfonamides is 1. The van der Waals surface area contributed by atoms with Gasteiger partial charge in [0.15, 0.2) is 0 Å². The third-order valence-electron chi connectivity index (χ3n) is 7.45. The molecule has 2 aliphatic heterocycles. The van der Waals surface area contributed by atoms with E-state index in [4.69, 9.17) is 10.7 Å². The molecule has 5 rings (SSSR count). The van der Waals surface area contributed by atoms with Crippen molar-refractivity contribution in [3.8, 4) is 11.3 Å². The Morgan fingerprint density at radius 3 is 2.67 bits per heavy atom. The Labute approximate surface area is 233 Å². The normalized spacial score (nSPS) is 19.7. The van der Waals surface area contributed by atoms with Crippen LogP contribution in [0.25, 0.3) is 11.3 Å². The van der Waals surface area contributed by atoms with E-state index in [0.717, 1.165) is 55.8 Å². The van der Waals surface area contributed by atoms with Crippen molar-refractivity contribution in [1.82, 2.24) is 24.5 Å². The Bertz CT molecular complexity index is 1390. The molecule has 12 heteroatoms. The molecule has 39 heavy (non-hydrogen) atoms. The maximum Gasteiger partial charge on any atom is 0.243 e. The summed E-state index contributed by atoms with van der Waals surface area (Å²) in [5.74, 6) is 0.380. The number of piperidine rings is 1. The topological polar surface area (TPSA) is 134 Å². The zero-order chi connectivity index (χ0) is 27.4. The van der Waals surface area contributed by atoms with Gasteiger partial charge in [-0.15, -0.1) is 11.3 Å². The van der Waals surface area contributed by atoms with Gasteiger partial charge in [-0.2, -0.15) is 4.31 Å². The number of hydrogen-bond donors (Lipinski definition) is 3. The lowest BCUT2D eigenvalue weighted by atomic mass is 9.96. The molecule has 4 heterocycles. The first-order valence-electron chi connectivity index (χ1n) is 13.3. The molecular formula is C27H35N7O3S2. The van der Waals surface area contributed by atoms with Gasteiger partial charge in [0, 0.05) is 59.6 Å². The quantitative estimate of drug-likeness (QED) is 0.358. The Hall–Kier alpha value is -2.90. The average Bonchev–Trinajstić information content (AvgIpc) is 3.42. The lowest BCUT2D eigenvalue weighted by molar-refractivity contribution is -0.123. The lowest BCUT2D eigenvalue weighted by Gasteiger charge is -2.34. The minimum absolute atomic E-state index is 0.00750. The fourth-order valence-electron chi connectivity index (χ4n) is 5.16. The van der Waals surface area contributed by atoms with E-state index in [2.05, 4.69) is 32.0 Å². The maximum atomic E-state index is 13.2. The third kappa shape index (κ3) is 6.47. The molecule has 4 N–H and O–H groups in total. The van der Waals surface area contributed by atoms with E-state index in [1.54, 1.807) is 52.3 Å². The number of carbonyl (C=O) groups is 1. The Morgan fingerprint density at radius 2 is 1.95 bits per heavy atom. The molecule has 2 saturated heterocycles. The molecule has 0 radical (unpaired) electrons. The molecule has 0 saturated carbocycles. The highest BCUT2D eigenvalue weighted by atomic mass is 32.2. The number of nitrogens with one attached hydrogen (secondary N) is 2. The molecule has 1 atom stereocenters. The van der Waals surface area contributed by atoms with Gasteiger partial charge in [0.05, 0.1) is 23.0 Å². The monoisotopic (exact) mass is 569 g/mol. The fourth-order valence-corrected chi connectivity index (χ4v) is 7.78. The number of piperazine rings is 1. The number of amides is 1. The number of nitrogens with zero attached hydrogens (tertiary/aromatic N) is 4. The van der Waals surface area contributed by atoms with Gasteiger partial charge in [-0.3, -0.25) is 14.7 Å². The van der Waals surface area contributed by atoms with Crippen molar-refractivity contribution in [1.29, 1.82) is 0 Å². The van der Waals surface area contributed by atoms with E-state index in [9.17, 15) is 13.2 Å². The van der Waals surface area contributed by atoms with Crippen LogP contribution >= 0.6 is 11.3 Å². The van der Waals surface area contributed by atoms with Gasteiger partial charge in [-0.25, -0.2) is 13.4 Å². The number of carbonyl (C=O) groups excluding carboxylic acids is 1. The summed E-state index contributed by atoms with van der Waals surface area (Å²) in [6.07, 6.45) is 5.78. The molecule has 2 aliphatic rings. The second-order valence-electron chi connectivity index (χ2n) is 10.1. The summed E-state index contributed by atoms with van der Waals surface area (Å²) in [5, 5.41) is 8.60. The molecule has 0 aliphatic carbocycles. The van der Waals surface area contributed by atoms with E-state index in [-0.39, 0.29) is 22.8 Å². The van der Waals surface area contributed by atoms with Crippen molar-refractivity contribution >= 4 is 38.8 Å². The van der Waals surface area contributed by atoms with Gasteiger partial charge in [-0.1, -0.05) is 6.92 Å². The van der Waals surface area contributed by atoms with Crippen LogP contribution in [0.2, 0.25) is 0 Å². The van der Waals surface area contributed by atoms with E-state index >= 15 is 0 Å². The van der Waals surface area contributed by atoms with Gasteiger partial charge >= 0.3 is 0 Å². The number of thiophene rings is 1. The molecule has 0 bridgehead atoms. The Balaban J connectivity index is 1.22. The van der Waals surface area contributed by atoms with Crippen LogP contribution in [0.5, 0.6) is 0 Å². The van der Waals surface area contributed by atoms with Crippen LogP contribution in [0.15, 0.2) is 53.0 Å². The first-order chi connectivity index (χ1) is 18.8. The number of benzene rings is 1. The SMILES string of the molecule is CCC1CNCCN1S(=O)(=O)c1ccc(Nc2cncc(-c3csc(CN4CCC(C(N)=O)CC4)c3)n2)cc1. The second kappa shape index (κ2) is 12.1. The van der Waals surface area contributed by atoms with E-state index in [0.29, 0.717) is 25.5 Å². The summed E-state index contributed by atoms with van der Waals surface area (Å²) in [4.78, 5) is 24.4. The van der Waals surface area contributed by atoms with Crippen LogP contribution in [0, 0.1) is 5.92 Å². The number of likely N-dealkylation sites (tertiary alicyclic amines) is 1. The van der Waals surface area contributed by atoms with Crippen molar-refractivity contribution in [2.75, 3.05) is 38.0 Å². The highest BCUT2D eigenvalue weighted by Gasteiger charge is 2.32. The minimum atomic E-state index is -3.56.